The van der Waals surface area contributed by atoms with Gasteiger partial charge in [-0.2, -0.15) is 0 Å². The second-order valence-corrected chi connectivity index (χ2v) is 5.30. The highest BCUT2D eigenvalue weighted by Gasteiger charge is 2.21. The lowest BCUT2D eigenvalue weighted by Gasteiger charge is -2.07. The first-order chi connectivity index (χ1) is 10.7. The summed E-state index contributed by atoms with van der Waals surface area (Å²) in [6.45, 7) is 0.356. The molecule has 1 heterocycles. The number of aromatic nitrogens is 2. The average molecular weight is 300 g/mol. The quantitative estimate of drug-likeness (QED) is 0.858. The van der Waals surface area contributed by atoms with Crippen LogP contribution in [0.25, 0.3) is 0 Å². The zero-order chi connectivity index (χ0) is 15.4. The van der Waals surface area contributed by atoms with Crippen LogP contribution in [-0.2, 0) is 6.42 Å². The fraction of sp³-hybridized carbons (Fsp3) is 0.312. The standard InChI is InChI=1S/C16H17FN4O/c17-13-4-2-1-3-11(13)7-8-18-16(22)14-9-15(20-10-19-14)21-12-5-6-12/h1-4,9-10,12H,5-8H2,(H,18,22)(H,19,20,21). The van der Waals surface area contributed by atoms with Crippen LogP contribution in [0, 0.1) is 5.82 Å². The summed E-state index contributed by atoms with van der Waals surface area (Å²) in [6, 6.07) is 8.65. The minimum absolute atomic E-state index is 0.255. The minimum Gasteiger partial charge on any atom is -0.367 e. The molecule has 2 aromatic rings. The molecule has 2 N–H and O–H groups in total. The van der Waals surface area contributed by atoms with E-state index in [1.165, 1.54) is 12.4 Å². The highest BCUT2D eigenvalue weighted by molar-refractivity contribution is 5.92. The van der Waals surface area contributed by atoms with Crippen molar-refractivity contribution in [3.63, 3.8) is 0 Å². The van der Waals surface area contributed by atoms with Crippen molar-refractivity contribution in [1.29, 1.82) is 0 Å². The Hall–Kier alpha value is -2.50. The van der Waals surface area contributed by atoms with E-state index in [1.807, 2.05) is 0 Å². The van der Waals surface area contributed by atoms with Crippen LogP contribution in [-0.4, -0.2) is 28.5 Å². The van der Waals surface area contributed by atoms with E-state index in [0.29, 0.717) is 36.1 Å². The molecular weight excluding hydrogens is 283 g/mol. The van der Waals surface area contributed by atoms with Gasteiger partial charge in [-0.05, 0) is 30.9 Å². The lowest BCUT2D eigenvalue weighted by Crippen LogP contribution is -2.27. The zero-order valence-corrected chi connectivity index (χ0v) is 12.1. The summed E-state index contributed by atoms with van der Waals surface area (Å²) in [7, 11) is 0. The van der Waals surface area contributed by atoms with Gasteiger partial charge in [0.05, 0.1) is 0 Å². The van der Waals surface area contributed by atoms with Gasteiger partial charge in [-0.15, -0.1) is 0 Å². The van der Waals surface area contributed by atoms with Gasteiger partial charge in [-0.25, -0.2) is 14.4 Å². The van der Waals surface area contributed by atoms with E-state index in [1.54, 1.807) is 24.3 Å². The number of benzene rings is 1. The fourth-order valence-electron chi connectivity index (χ4n) is 2.10. The maximum Gasteiger partial charge on any atom is 0.270 e. The van der Waals surface area contributed by atoms with Crippen molar-refractivity contribution >= 4 is 11.7 Å². The van der Waals surface area contributed by atoms with Crippen LogP contribution >= 0.6 is 0 Å². The van der Waals surface area contributed by atoms with Crippen molar-refractivity contribution in [3.05, 3.63) is 53.7 Å². The number of rotatable bonds is 6. The highest BCUT2D eigenvalue weighted by atomic mass is 19.1. The number of carbonyl (C=O) groups is 1. The third kappa shape index (κ3) is 3.78. The predicted molar refractivity (Wildman–Crippen MR) is 81.1 cm³/mol. The van der Waals surface area contributed by atoms with E-state index >= 15 is 0 Å². The van der Waals surface area contributed by atoms with Crippen molar-refractivity contribution in [2.45, 2.75) is 25.3 Å². The lowest BCUT2D eigenvalue weighted by molar-refractivity contribution is 0.0949. The third-order valence-corrected chi connectivity index (χ3v) is 3.47. The molecule has 22 heavy (non-hydrogen) atoms. The molecule has 1 aliphatic rings. The molecule has 114 valence electrons. The van der Waals surface area contributed by atoms with E-state index in [0.717, 1.165) is 12.8 Å². The summed E-state index contributed by atoms with van der Waals surface area (Å²) in [4.78, 5) is 20.1. The zero-order valence-electron chi connectivity index (χ0n) is 12.1. The number of nitrogens with one attached hydrogen (secondary N) is 2. The first kappa shape index (κ1) is 14.4. The normalized spacial score (nSPS) is 13.7. The largest absolute Gasteiger partial charge is 0.367 e. The van der Waals surface area contributed by atoms with Crippen molar-refractivity contribution in [1.82, 2.24) is 15.3 Å². The molecule has 1 aromatic carbocycles. The molecule has 0 atom stereocenters. The number of carbonyl (C=O) groups excluding carboxylic acids is 1. The number of nitrogens with zero attached hydrogens (tertiary/aromatic N) is 2. The van der Waals surface area contributed by atoms with Gasteiger partial charge < -0.3 is 10.6 Å². The Balaban J connectivity index is 1.54. The monoisotopic (exact) mass is 300 g/mol. The summed E-state index contributed by atoms with van der Waals surface area (Å²) in [5.74, 6) is 0.129. The lowest BCUT2D eigenvalue weighted by atomic mass is 10.1. The minimum atomic E-state index is -0.280. The smallest absolute Gasteiger partial charge is 0.270 e. The van der Waals surface area contributed by atoms with E-state index in [2.05, 4.69) is 20.6 Å². The average Bonchev–Trinajstić information content (AvgIpc) is 3.33. The number of halogens is 1. The maximum atomic E-state index is 13.5. The fourth-order valence-corrected chi connectivity index (χ4v) is 2.10. The topological polar surface area (TPSA) is 66.9 Å². The van der Waals surface area contributed by atoms with E-state index in [9.17, 15) is 9.18 Å². The van der Waals surface area contributed by atoms with Crippen LogP contribution in [0.15, 0.2) is 36.7 Å². The molecule has 3 rings (SSSR count). The van der Waals surface area contributed by atoms with E-state index in [-0.39, 0.29) is 11.7 Å². The van der Waals surface area contributed by atoms with Crippen molar-refractivity contribution < 1.29 is 9.18 Å². The first-order valence-electron chi connectivity index (χ1n) is 7.32. The summed E-state index contributed by atoms with van der Waals surface area (Å²) in [5, 5.41) is 5.97. The Morgan fingerprint density at radius 2 is 2.09 bits per heavy atom. The molecule has 5 nitrogen and oxygen atoms in total. The number of hydrogen-bond donors (Lipinski definition) is 2. The molecule has 0 bridgehead atoms. The van der Waals surface area contributed by atoms with E-state index < -0.39 is 0 Å². The summed E-state index contributed by atoms with van der Waals surface area (Å²) in [5.41, 5.74) is 0.897. The Morgan fingerprint density at radius 1 is 1.27 bits per heavy atom. The molecule has 1 aliphatic carbocycles. The Labute approximate surface area is 128 Å². The van der Waals surface area contributed by atoms with Gasteiger partial charge >= 0.3 is 0 Å². The molecule has 6 heteroatoms. The van der Waals surface area contributed by atoms with Crippen molar-refractivity contribution in [2.75, 3.05) is 11.9 Å². The van der Waals surface area contributed by atoms with Crippen LogP contribution in [0.1, 0.15) is 28.9 Å². The predicted octanol–water partition coefficient (Wildman–Crippen LogP) is 2.16. The maximum absolute atomic E-state index is 13.5. The molecule has 1 amide bonds. The van der Waals surface area contributed by atoms with E-state index in [4.69, 9.17) is 0 Å². The van der Waals surface area contributed by atoms with Crippen LogP contribution in [0.2, 0.25) is 0 Å². The number of anilines is 1. The molecule has 1 aromatic heterocycles. The molecule has 1 fully saturated rings. The van der Waals surface area contributed by atoms with Gasteiger partial charge in [-0.3, -0.25) is 4.79 Å². The molecule has 0 spiro atoms. The van der Waals surface area contributed by atoms with Gasteiger partial charge in [0.1, 0.15) is 23.7 Å². The van der Waals surface area contributed by atoms with Crippen LogP contribution in [0.3, 0.4) is 0 Å². The first-order valence-corrected chi connectivity index (χ1v) is 7.32. The highest BCUT2D eigenvalue weighted by Crippen LogP contribution is 2.23. The van der Waals surface area contributed by atoms with Crippen LogP contribution in [0.5, 0.6) is 0 Å². The van der Waals surface area contributed by atoms with Crippen LogP contribution < -0.4 is 10.6 Å². The molecule has 0 aliphatic heterocycles. The van der Waals surface area contributed by atoms with Gasteiger partial charge in [0, 0.05) is 18.7 Å². The van der Waals surface area contributed by atoms with Gasteiger partial charge in [-0.1, -0.05) is 18.2 Å². The molecular formula is C16H17FN4O. The Kier molecular flexibility index (Phi) is 4.27. The number of hydrogen-bond acceptors (Lipinski definition) is 4. The van der Waals surface area contributed by atoms with Gasteiger partial charge in [0.2, 0.25) is 0 Å². The summed E-state index contributed by atoms with van der Waals surface area (Å²) >= 11 is 0. The molecule has 0 unspecified atom stereocenters. The van der Waals surface area contributed by atoms with Gasteiger partial charge in [0.25, 0.3) is 5.91 Å². The second-order valence-electron chi connectivity index (χ2n) is 5.30. The van der Waals surface area contributed by atoms with Gasteiger partial charge in [0.15, 0.2) is 0 Å². The molecule has 1 saturated carbocycles. The molecule has 0 saturated heterocycles. The SMILES string of the molecule is O=C(NCCc1ccccc1F)c1cc(NC2CC2)ncn1. The van der Waals surface area contributed by atoms with Crippen molar-refractivity contribution in [2.24, 2.45) is 0 Å². The summed E-state index contributed by atoms with van der Waals surface area (Å²) < 4.78 is 13.5. The third-order valence-electron chi connectivity index (χ3n) is 3.47. The summed E-state index contributed by atoms with van der Waals surface area (Å²) in [6.07, 6.45) is 4.08. The molecule has 0 radical (unpaired) electrons. The Bertz CT molecular complexity index is 673. The second kappa shape index (κ2) is 6.51. The van der Waals surface area contributed by atoms with Crippen LogP contribution in [0.4, 0.5) is 10.2 Å². The van der Waals surface area contributed by atoms with Crippen molar-refractivity contribution in [3.8, 4) is 0 Å². The Morgan fingerprint density at radius 3 is 2.86 bits per heavy atom. The number of amides is 1.